The van der Waals surface area contributed by atoms with Crippen molar-refractivity contribution in [1.82, 2.24) is 15.2 Å². The summed E-state index contributed by atoms with van der Waals surface area (Å²) in [6, 6.07) is 6.10. The highest BCUT2D eigenvalue weighted by molar-refractivity contribution is 7.10. The Hall–Kier alpha value is -1.72. The number of nitrogens with zero attached hydrogens (tertiary/aromatic N) is 2. The van der Waals surface area contributed by atoms with Gasteiger partial charge >= 0.3 is 0 Å². The molecule has 1 N–H and O–H groups in total. The highest BCUT2D eigenvalue weighted by Gasteiger charge is 2.24. The van der Waals surface area contributed by atoms with E-state index in [-0.39, 0.29) is 17.7 Å². The fraction of sp³-hybridized carbons (Fsp3) is 0.474. The van der Waals surface area contributed by atoms with Gasteiger partial charge < -0.3 is 5.32 Å². The number of carbonyl (C=O) groups excluding carboxylic acids is 1. The van der Waals surface area contributed by atoms with E-state index >= 15 is 0 Å². The quantitative estimate of drug-likeness (QED) is 0.877. The highest BCUT2D eigenvalue weighted by atomic mass is 32.1. The monoisotopic (exact) mass is 343 g/mol. The summed E-state index contributed by atoms with van der Waals surface area (Å²) in [5, 5.41) is 5.30. The number of hydrogen-bond acceptors (Lipinski definition) is 4. The van der Waals surface area contributed by atoms with E-state index in [1.807, 2.05) is 23.5 Å². The second-order valence-corrected chi connectivity index (χ2v) is 7.69. The average Bonchev–Trinajstić information content (AvgIpc) is 3.03. The summed E-state index contributed by atoms with van der Waals surface area (Å²) in [5.74, 6) is 0.215. The van der Waals surface area contributed by atoms with E-state index < -0.39 is 0 Å². The third-order valence-corrected chi connectivity index (χ3v) is 5.63. The third kappa shape index (κ3) is 4.02. The standard InChI is InChI=1S/C19H25N3OS/c1-14(2)18(15-4-3-7-20-12-15)19(23)21-8-10-22-9-5-17-16(13-22)6-11-24-17/h3-4,6-7,11-12,14,18H,5,8-10,13H2,1-2H3,(H,21,23)/t18-/m1/s1. The third-order valence-electron chi connectivity index (χ3n) is 4.61. The van der Waals surface area contributed by atoms with Gasteiger partial charge in [-0.3, -0.25) is 14.7 Å². The van der Waals surface area contributed by atoms with Gasteiger partial charge in [-0.05, 0) is 41.0 Å². The number of amides is 1. The summed E-state index contributed by atoms with van der Waals surface area (Å²) >= 11 is 1.86. The number of rotatable bonds is 6. The molecule has 128 valence electrons. The van der Waals surface area contributed by atoms with E-state index in [9.17, 15) is 4.79 Å². The Labute approximate surface area is 147 Å². The van der Waals surface area contributed by atoms with Gasteiger partial charge in [0, 0.05) is 43.4 Å². The van der Waals surface area contributed by atoms with Crippen LogP contribution in [0.2, 0.25) is 0 Å². The van der Waals surface area contributed by atoms with Gasteiger partial charge in [-0.1, -0.05) is 19.9 Å². The van der Waals surface area contributed by atoms with Gasteiger partial charge in [0.1, 0.15) is 0 Å². The van der Waals surface area contributed by atoms with E-state index in [1.54, 1.807) is 12.4 Å². The maximum absolute atomic E-state index is 12.6. The molecule has 0 aromatic carbocycles. The molecule has 0 unspecified atom stereocenters. The first-order valence-electron chi connectivity index (χ1n) is 8.60. The number of aromatic nitrogens is 1. The first kappa shape index (κ1) is 17.1. The number of pyridine rings is 1. The zero-order chi connectivity index (χ0) is 16.9. The zero-order valence-corrected chi connectivity index (χ0v) is 15.2. The molecule has 5 heteroatoms. The molecule has 3 rings (SSSR count). The molecule has 1 aliphatic rings. The van der Waals surface area contributed by atoms with Crippen LogP contribution < -0.4 is 5.32 Å². The zero-order valence-electron chi connectivity index (χ0n) is 14.4. The molecule has 24 heavy (non-hydrogen) atoms. The van der Waals surface area contributed by atoms with Gasteiger partial charge in [-0.15, -0.1) is 11.3 Å². The molecule has 1 amide bonds. The van der Waals surface area contributed by atoms with Crippen LogP contribution in [0.15, 0.2) is 36.0 Å². The van der Waals surface area contributed by atoms with Gasteiger partial charge in [0.05, 0.1) is 5.92 Å². The maximum Gasteiger partial charge on any atom is 0.227 e. The lowest BCUT2D eigenvalue weighted by atomic mass is 9.88. The topological polar surface area (TPSA) is 45.2 Å². The summed E-state index contributed by atoms with van der Waals surface area (Å²) in [6.07, 6.45) is 4.67. The van der Waals surface area contributed by atoms with Gasteiger partial charge in [-0.2, -0.15) is 0 Å². The van der Waals surface area contributed by atoms with Crippen molar-refractivity contribution in [2.75, 3.05) is 19.6 Å². The number of fused-ring (bicyclic) bond motifs is 1. The smallest absolute Gasteiger partial charge is 0.227 e. The Morgan fingerprint density at radius 2 is 2.29 bits per heavy atom. The fourth-order valence-corrected chi connectivity index (χ4v) is 4.23. The molecule has 0 radical (unpaired) electrons. The Morgan fingerprint density at radius 1 is 1.42 bits per heavy atom. The van der Waals surface area contributed by atoms with Crippen LogP contribution in [-0.4, -0.2) is 35.4 Å². The first-order valence-corrected chi connectivity index (χ1v) is 9.48. The van der Waals surface area contributed by atoms with Crippen molar-refractivity contribution in [1.29, 1.82) is 0 Å². The van der Waals surface area contributed by atoms with Gasteiger partial charge in [0.15, 0.2) is 0 Å². The van der Waals surface area contributed by atoms with Crippen LogP contribution in [-0.2, 0) is 17.8 Å². The number of carbonyl (C=O) groups is 1. The van der Waals surface area contributed by atoms with Crippen molar-refractivity contribution < 1.29 is 4.79 Å². The molecule has 1 aliphatic heterocycles. The molecular formula is C19H25N3OS. The van der Waals surface area contributed by atoms with Crippen molar-refractivity contribution >= 4 is 17.2 Å². The number of hydrogen-bond donors (Lipinski definition) is 1. The minimum absolute atomic E-state index is 0.103. The molecule has 2 aromatic rings. The second-order valence-electron chi connectivity index (χ2n) is 6.69. The van der Waals surface area contributed by atoms with Crippen LogP contribution in [0, 0.1) is 5.92 Å². The van der Waals surface area contributed by atoms with Gasteiger partial charge in [-0.25, -0.2) is 0 Å². The molecule has 2 aromatic heterocycles. The van der Waals surface area contributed by atoms with Crippen LogP contribution >= 0.6 is 11.3 Å². The van der Waals surface area contributed by atoms with Crippen molar-refractivity contribution in [3.8, 4) is 0 Å². The summed E-state index contributed by atoms with van der Waals surface area (Å²) < 4.78 is 0. The molecular weight excluding hydrogens is 318 g/mol. The second kappa shape index (κ2) is 7.90. The van der Waals surface area contributed by atoms with Crippen molar-refractivity contribution in [3.05, 3.63) is 52.0 Å². The lowest BCUT2D eigenvalue weighted by Gasteiger charge is -2.27. The number of thiophene rings is 1. The van der Waals surface area contributed by atoms with E-state index in [1.165, 1.54) is 10.4 Å². The highest BCUT2D eigenvalue weighted by Crippen LogP contribution is 2.25. The molecule has 3 heterocycles. The van der Waals surface area contributed by atoms with E-state index in [2.05, 4.69) is 40.5 Å². The molecule has 0 saturated heterocycles. The minimum Gasteiger partial charge on any atom is -0.354 e. The molecule has 1 atom stereocenters. The normalized spacial score (nSPS) is 16.0. The lowest BCUT2D eigenvalue weighted by Crippen LogP contribution is -2.39. The Morgan fingerprint density at radius 3 is 3.04 bits per heavy atom. The van der Waals surface area contributed by atoms with E-state index in [0.29, 0.717) is 6.54 Å². The summed E-state index contributed by atoms with van der Waals surface area (Å²) in [7, 11) is 0. The predicted molar refractivity (Wildman–Crippen MR) is 98.1 cm³/mol. The molecule has 0 aliphatic carbocycles. The molecule has 0 saturated carbocycles. The van der Waals surface area contributed by atoms with Crippen molar-refractivity contribution in [2.45, 2.75) is 32.7 Å². The summed E-state index contributed by atoms with van der Waals surface area (Å²) in [6.45, 7) is 7.85. The fourth-order valence-electron chi connectivity index (χ4n) is 3.34. The maximum atomic E-state index is 12.6. The van der Waals surface area contributed by atoms with Gasteiger partial charge in [0.25, 0.3) is 0 Å². The van der Waals surface area contributed by atoms with Crippen LogP contribution in [0.3, 0.4) is 0 Å². The average molecular weight is 343 g/mol. The van der Waals surface area contributed by atoms with E-state index in [4.69, 9.17) is 0 Å². The van der Waals surface area contributed by atoms with Crippen LogP contribution in [0.25, 0.3) is 0 Å². The Balaban J connectivity index is 1.51. The van der Waals surface area contributed by atoms with E-state index in [0.717, 1.165) is 31.6 Å². The Kier molecular flexibility index (Phi) is 5.63. The van der Waals surface area contributed by atoms with Crippen LogP contribution in [0.5, 0.6) is 0 Å². The predicted octanol–water partition coefficient (Wildman–Crippen LogP) is 3.06. The number of nitrogens with one attached hydrogen (secondary N) is 1. The molecule has 4 nitrogen and oxygen atoms in total. The molecule has 0 bridgehead atoms. The van der Waals surface area contributed by atoms with Crippen LogP contribution in [0.1, 0.15) is 35.8 Å². The largest absolute Gasteiger partial charge is 0.354 e. The summed E-state index contributed by atoms with van der Waals surface area (Å²) in [4.78, 5) is 20.7. The van der Waals surface area contributed by atoms with Crippen LogP contribution in [0.4, 0.5) is 0 Å². The SMILES string of the molecule is CC(C)[C@@H](C(=O)NCCN1CCc2sccc2C1)c1cccnc1. The lowest BCUT2D eigenvalue weighted by molar-refractivity contribution is -0.123. The molecule has 0 fully saturated rings. The first-order chi connectivity index (χ1) is 11.6. The Bertz CT molecular complexity index is 668. The van der Waals surface area contributed by atoms with Crippen molar-refractivity contribution in [3.63, 3.8) is 0 Å². The van der Waals surface area contributed by atoms with Crippen molar-refractivity contribution in [2.24, 2.45) is 5.92 Å². The summed E-state index contributed by atoms with van der Waals surface area (Å²) in [5.41, 5.74) is 2.44. The molecule has 0 spiro atoms. The minimum atomic E-state index is -0.136. The van der Waals surface area contributed by atoms with Gasteiger partial charge in [0.2, 0.25) is 5.91 Å².